The van der Waals surface area contributed by atoms with Gasteiger partial charge < -0.3 is 15.5 Å². The number of hydrogen-bond donors (Lipinski definition) is 2. The van der Waals surface area contributed by atoms with Crippen molar-refractivity contribution in [2.45, 2.75) is 38.0 Å². The fraction of sp³-hybridized carbons (Fsp3) is 0.579. The number of hydrogen-bond acceptors (Lipinski definition) is 2. The van der Waals surface area contributed by atoms with E-state index in [-0.39, 0.29) is 18.0 Å². The van der Waals surface area contributed by atoms with Gasteiger partial charge in [0.15, 0.2) is 5.96 Å². The van der Waals surface area contributed by atoms with E-state index < -0.39 is 17.0 Å². The second-order valence-corrected chi connectivity index (χ2v) is 6.92. The minimum atomic E-state index is -0.600. The highest BCUT2D eigenvalue weighted by molar-refractivity contribution is 5.84. The molecule has 1 aliphatic rings. The molecule has 1 fully saturated rings. The number of amides is 1. The minimum Gasteiger partial charge on any atom is -0.357 e. The molecule has 0 unspecified atom stereocenters. The molecule has 1 saturated carbocycles. The fourth-order valence-electron chi connectivity index (χ4n) is 3.45. The Labute approximate surface area is 153 Å². The molecule has 26 heavy (non-hydrogen) atoms. The van der Waals surface area contributed by atoms with Gasteiger partial charge in [-0.25, -0.2) is 13.8 Å². The van der Waals surface area contributed by atoms with Crippen LogP contribution in [0.1, 0.15) is 38.2 Å². The van der Waals surface area contributed by atoms with Gasteiger partial charge in [0, 0.05) is 38.2 Å². The lowest BCUT2D eigenvalue weighted by atomic mass is 9.78. The summed E-state index contributed by atoms with van der Waals surface area (Å²) in [6.07, 6.45) is 3.30. The monoisotopic (exact) mass is 366 g/mol. The highest BCUT2D eigenvalue weighted by Crippen LogP contribution is 2.42. The smallest absolute Gasteiger partial charge is 0.243 e. The first-order valence-corrected chi connectivity index (χ1v) is 9.06. The molecule has 7 heteroatoms. The third kappa shape index (κ3) is 4.71. The van der Waals surface area contributed by atoms with Crippen LogP contribution < -0.4 is 10.6 Å². The maximum Gasteiger partial charge on any atom is 0.243 e. The first-order chi connectivity index (χ1) is 12.4. The molecule has 1 aliphatic carbocycles. The van der Waals surface area contributed by atoms with Gasteiger partial charge in [-0.2, -0.15) is 0 Å². The molecule has 0 saturated heterocycles. The zero-order chi connectivity index (χ0) is 19.2. The number of halogens is 2. The maximum atomic E-state index is 14.4. The summed E-state index contributed by atoms with van der Waals surface area (Å²) in [6.45, 7) is 2.94. The first kappa shape index (κ1) is 20.1. The average Bonchev–Trinajstić information content (AvgIpc) is 3.06. The summed E-state index contributed by atoms with van der Waals surface area (Å²) in [5, 5.41) is 6.26. The van der Waals surface area contributed by atoms with Gasteiger partial charge in [0.25, 0.3) is 0 Å². The summed E-state index contributed by atoms with van der Waals surface area (Å²) in [6, 6.07) is 4.02. The standard InChI is InChI=1S/C19H28F2N4O/c1-4-22-18(23-12-16(26)25(2)3)24-13-19(10-5-6-11-19)17-14(20)8-7-9-15(17)21/h7-9H,4-6,10-13H2,1-3H3,(H2,22,23,24). The largest absolute Gasteiger partial charge is 0.357 e. The van der Waals surface area contributed by atoms with E-state index in [1.807, 2.05) is 6.92 Å². The third-order valence-electron chi connectivity index (χ3n) is 4.86. The van der Waals surface area contributed by atoms with Crippen LogP contribution in [0.4, 0.5) is 8.78 Å². The Morgan fingerprint density at radius 3 is 2.35 bits per heavy atom. The van der Waals surface area contributed by atoms with Crippen LogP contribution in [-0.4, -0.2) is 50.5 Å². The molecular formula is C19H28F2N4O. The van der Waals surface area contributed by atoms with Gasteiger partial charge in [-0.15, -0.1) is 0 Å². The molecule has 0 aromatic heterocycles. The van der Waals surface area contributed by atoms with Gasteiger partial charge in [-0.3, -0.25) is 4.79 Å². The van der Waals surface area contributed by atoms with E-state index in [0.717, 1.165) is 12.8 Å². The number of aliphatic imine (C=N–C) groups is 1. The average molecular weight is 366 g/mol. The van der Waals surface area contributed by atoms with Crippen LogP contribution in [0, 0.1) is 11.6 Å². The predicted molar refractivity (Wildman–Crippen MR) is 99.2 cm³/mol. The quantitative estimate of drug-likeness (QED) is 0.601. The zero-order valence-corrected chi connectivity index (χ0v) is 15.7. The summed E-state index contributed by atoms with van der Waals surface area (Å²) >= 11 is 0. The van der Waals surface area contributed by atoms with Crippen molar-refractivity contribution < 1.29 is 13.6 Å². The van der Waals surface area contributed by atoms with Gasteiger partial charge in [0.2, 0.25) is 5.91 Å². The molecular weight excluding hydrogens is 338 g/mol. The second kappa shape index (κ2) is 8.96. The highest BCUT2D eigenvalue weighted by Gasteiger charge is 2.39. The number of carbonyl (C=O) groups excluding carboxylic acids is 1. The molecule has 5 nitrogen and oxygen atoms in total. The van der Waals surface area contributed by atoms with E-state index in [1.165, 1.54) is 23.1 Å². The molecule has 1 amide bonds. The van der Waals surface area contributed by atoms with Crippen LogP contribution in [0.3, 0.4) is 0 Å². The molecule has 0 atom stereocenters. The molecule has 1 aromatic rings. The van der Waals surface area contributed by atoms with Crippen molar-refractivity contribution in [2.24, 2.45) is 4.99 Å². The number of carbonyl (C=O) groups is 1. The Bertz CT molecular complexity index is 635. The van der Waals surface area contributed by atoms with Crippen molar-refractivity contribution in [3.63, 3.8) is 0 Å². The van der Waals surface area contributed by atoms with Gasteiger partial charge in [-0.1, -0.05) is 18.9 Å². The number of guanidine groups is 1. The lowest BCUT2D eigenvalue weighted by Crippen LogP contribution is -2.45. The summed E-state index contributed by atoms with van der Waals surface area (Å²) < 4.78 is 28.8. The molecule has 0 bridgehead atoms. The molecule has 0 spiro atoms. The van der Waals surface area contributed by atoms with Crippen molar-refractivity contribution in [2.75, 3.05) is 33.7 Å². The Morgan fingerprint density at radius 1 is 1.19 bits per heavy atom. The van der Waals surface area contributed by atoms with Crippen LogP contribution in [0.2, 0.25) is 0 Å². The Hall–Kier alpha value is -2.18. The zero-order valence-electron chi connectivity index (χ0n) is 15.7. The lowest BCUT2D eigenvalue weighted by molar-refractivity contribution is -0.127. The molecule has 2 N–H and O–H groups in total. The van der Waals surface area contributed by atoms with Gasteiger partial charge in [-0.05, 0) is 31.9 Å². The Kier molecular flexibility index (Phi) is 6.94. The third-order valence-corrected chi connectivity index (χ3v) is 4.86. The van der Waals surface area contributed by atoms with Gasteiger partial charge in [0.1, 0.15) is 18.2 Å². The van der Waals surface area contributed by atoms with Crippen LogP contribution in [-0.2, 0) is 10.2 Å². The van der Waals surface area contributed by atoms with Crippen LogP contribution in [0.25, 0.3) is 0 Å². The van der Waals surface area contributed by atoms with Crippen LogP contribution in [0.5, 0.6) is 0 Å². The molecule has 144 valence electrons. The van der Waals surface area contributed by atoms with Crippen molar-refractivity contribution in [3.05, 3.63) is 35.4 Å². The van der Waals surface area contributed by atoms with E-state index in [2.05, 4.69) is 15.6 Å². The topological polar surface area (TPSA) is 56.7 Å². The molecule has 0 aliphatic heterocycles. The number of likely N-dealkylation sites (N-methyl/N-ethyl adjacent to an activating group) is 1. The second-order valence-electron chi connectivity index (χ2n) is 6.92. The molecule has 0 radical (unpaired) electrons. The normalized spacial score (nSPS) is 16.4. The van der Waals surface area contributed by atoms with Crippen LogP contribution in [0.15, 0.2) is 23.2 Å². The number of benzene rings is 1. The van der Waals surface area contributed by atoms with Crippen molar-refractivity contribution in [1.29, 1.82) is 0 Å². The minimum absolute atomic E-state index is 0.0173. The van der Waals surface area contributed by atoms with E-state index >= 15 is 0 Å². The van der Waals surface area contributed by atoms with Gasteiger partial charge >= 0.3 is 0 Å². The van der Waals surface area contributed by atoms with E-state index in [1.54, 1.807) is 14.1 Å². The van der Waals surface area contributed by atoms with Crippen molar-refractivity contribution in [3.8, 4) is 0 Å². The summed E-state index contributed by atoms with van der Waals surface area (Å²) in [5.74, 6) is -0.638. The van der Waals surface area contributed by atoms with Crippen molar-refractivity contribution in [1.82, 2.24) is 15.5 Å². The molecule has 2 rings (SSSR count). The van der Waals surface area contributed by atoms with Crippen molar-refractivity contribution >= 4 is 11.9 Å². The maximum absolute atomic E-state index is 14.4. The van der Waals surface area contributed by atoms with Gasteiger partial charge in [0.05, 0.1) is 0 Å². The number of nitrogens with one attached hydrogen (secondary N) is 2. The van der Waals surface area contributed by atoms with E-state index in [0.29, 0.717) is 31.9 Å². The fourth-order valence-corrected chi connectivity index (χ4v) is 3.45. The Balaban J connectivity index is 2.18. The summed E-state index contributed by atoms with van der Waals surface area (Å²) in [4.78, 5) is 17.5. The summed E-state index contributed by atoms with van der Waals surface area (Å²) in [5.41, 5.74) is -0.442. The summed E-state index contributed by atoms with van der Waals surface area (Å²) in [7, 11) is 3.35. The van der Waals surface area contributed by atoms with E-state index in [4.69, 9.17) is 0 Å². The lowest BCUT2D eigenvalue weighted by Gasteiger charge is -2.31. The van der Waals surface area contributed by atoms with E-state index in [9.17, 15) is 13.6 Å². The SMILES string of the molecule is CCNC(=NCC(=O)N(C)C)NCC1(c2c(F)cccc2F)CCCC1. The first-order valence-electron chi connectivity index (χ1n) is 9.06. The highest BCUT2D eigenvalue weighted by atomic mass is 19.1. The predicted octanol–water partition coefficient (Wildman–Crippen LogP) is 2.42. The Morgan fingerprint density at radius 2 is 1.81 bits per heavy atom. The molecule has 1 aromatic carbocycles. The molecule has 0 heterocycles. The number of nitrogens with zero attached hydrogens (tertiary/aromatic N) is 2. The number of rotatable bonds is 6. The van der Waals surface area contributed by atoms with Crippen LogP contribution >= 0.6 is 0 Å².